The van der Waals surface area contributed by atoms with Gasteiger partial charge in [0, 0.05) is 11.8 Å². The van der Waals surface area contributed by atoms with E-state index in [0.717, 1.165) is 0 Å². The predicted molar refractivity (Wildman–Crippen MR) is 224 cm³/mol. The Bertz CT molecular complexity index is 803. The molecular weight excluding hydrogens is 601 g/mol. The summed E-state index contributed by atoms with van der Waals surface area (Å²) in [4.78, 5) is 0. The van der Waals surface area contributed by atoms with Crippen LogP contribution in [0.15, 0.2) is 46.6 Å². The molecule has 0 unspecified atom stereocenters. The zero-order valence-electron chi connectivity index (χ0n) is 33.7. The van der Waals surface area contributed by atoms with Crippen molar-refractivity contribution in [3.63, 3.8) is 0 Å². The SMILES string of the molecule is C1=C(C(C2=CCCCCCCCCCC2)C(C2=CCCCCCCCCCC2)C2=CCCCCCCCCCC2)CCCCCCCCCC1. The maximum atomic E-state index is 2.88. The van der Waals surface area contributed by atoms with Crippen molar-refractivity contribution in [2.75, 3.05) is 0 Å². The maximum absolute atomic E-state index is 2.88. The molecule has 0 N–H and O–H groups in total. The van der Waals surface area contributed by atoms with E-state index in [4.69, 9.17) is 0 Å². The van der Waals surface area contributed by atoms with Gasteiger partial charge in [0.1, 0.15) is 0 Å². The average molecular weight is 687 g/mol. The van der Waals surface area contributed by atoms with Crippen LogP contribution in [-0.2, 0) is 0 Å². The summed E-state index contributed by atoms with van der Waals surface area (Å²) in [5, 5.41) is 0. The minimum Gasteiger partial charge on any atom is -0.0847 e. The van der Waals surface area contributed by atoms with Crippen molar-refractivity contribution in [1.29, 1.82) is 0 Å². The van der Waals surface area contributed by atoms with Gasteiger partial charge in [0.05, 0.1) is 0 Å². The molecule has 0 heteroatoms. The second kappa shape index (κ2) is 28.5. The molecule has 4 aliphatic rings. The van der Waals surface area contributed by atoms with Crippen LogP contribution in [0.3, 0.4) is 0 Å². The highest BCUT2D eigenvalue weighted by Crippen LogP contribution is 2.46. The molecule has 0 aromatic heterocycles. The highest BCUT2D eigenvalue weighted by molar-refractivity contribution is 5.35. The van der Waals surface area contributed by atoms with Crippen LogP contribution in [0.4, 0.5) is 0 Å². The van der Waals surface area contributed by atoms with Crippen LogP contribution in [0.5, 0.6) is 0 Å². The molecule has 0 fully saturated rings. The van der Waals surface area contributed by atoms with Crippen molar-refractivity contribution in [1.82, 2.24) is 0 Å². The molecule has 286 valence electrons. The Morgan fingerprint density at radius 1 is 0.200 bits per heavy atom. The van der Waals surface area contributed by atoms with Gasteiger partial charge in [-0.15, -0.1) is 0 Å². The summed E-state index contributed by atoms with van der Waals surface area (Å²) >= 11 is 0. The van der Waals surface area contributed by atoms with Crippen molar-refractivity contribution in [3.05, 3.63) is 46.6 Å². The minimum absolute atomic E-state index is 0.624. The third-order valence-electron chi connectivity index (χ3n) is 13.2. The van der Waals surface area contributed by atoms with Gasteiger partial charge in [-0.25, -0.2) is 0 Å². The number of allylic oxidation sites excluding steroid dienone is 8. The summed E-state index contributed by atoms with van der Waals surface area (Å²) in [7, 11) is 0. The fraction of sp³-hybridized carbons (Fsp3) is 0.840. The Labute approximate surface area is 314 Å². The Hall–Kier alpha value is -1.04. The Kier molecular flexibility index (Phi) is 23.7. The molecule has 0 aromatic carbocycles. The van der Waals surface area contributed by atoms with Gasteiger partial charge in [0.2, 0.25) is 0 Å². The quantitative estimate of drug-likeness (QED) is 0.253. The first kappa shape index (κ1) is 41.7. The third kappa shape index (κ3) is 17.7. The average Bonchev–Trinajstić information content (AvgIpc) is 3.09. The molecule has 4 aliphatic carbocycles. The first-order valence-corrected chi connectivity index (χ1v) is 23.7. The zero-order valence-corrected chi connectivity index (χ0v) is 33.7. The lowest BCUT2D eigenvalue weighted by atomic mass is 9.67. The first-order valence-electron chi connectivity index (χ1n) is 23.7. The molecule has 0 atom stereocenters. The lowest BCUT2D eigenvalue weighted by Crippen LogP contribution is -2.25. The van der Waals surface area contributed by atoms with Gasteiger partial charge in [-0.3, -0.25) is 0 Å². The van der Waals surface area contributed by atoms with E-state index in [0.29, 0.717) is 11.8 Å². The molecule has 0 heterocycles. The second-order valence-electron chi connectivity index (χ2n) is 17.5. The Morgan fingerprint density at radius 2 is 0.360 bits per heavy atom. The van der Waals surface area contributed by atoms with E-state index in [9.17, 15) is 0 Å². The van der Waals surface area contributed by atoms with E-state index in [1.54, 1.807) is 0 Å². The third-order valence-corrected chi connectivity index (χ3v) is 13.2. The summed E-state index contributed by atoms with van der Waals surface area (Å²) in [6.45, 7) is 0. The van der Waals surface area contributed by atoms with E-state index in [2.05, 4.69) is 24.3 Å². The molecular formula is C50H86. The van der Waals surface area contributed by atoms with Crippen LogP contribution in [0.25, 0.3) is 0 Å². The van der Waals surface area contributed by atoms with Gasteiger partial charge >= 0.3 is 0 Å². The fourth-order valence-corrected chi connectivity index (χ4v) is 10.2. The smallest absolute Gasteiger partial charge is 0.0110 e. The van der Waals surface area contributed by atoms with Crippen LogP contribution < -0.4 is 0 Å². The van der Waals surface area contributed by atoms with E-state index in [1.807, 2.05) is 22.3 Å². The normalized spacial score (nSPS) is 25.5. The topological polar surface area (TPSA) is 0 Å². The summed E-state index contributed by atoms with van der Waals surface area (Å²) < 4.78 is 0. The molecule has 0 spiro atoms. The van der Waals surface area contributed by atoms with Crippen LogP contribution in [0, 0.1) is 11.8 Å². The molecule has 50 heavy (non-hydrogen) atoms. The van der Waals surface area contributed by atoms with Gasteiger partial charge in [-0.2, -0.15) is 0 Å². The monoisotopic (exact) mass is 687 g/mol. The highest BCUT2D eigenvalue weighted by Gasteiger charge is 2.33. The van der Waals surface area contributed by atoms with Gasteiger partial charge < -0.3 is 0 Å². The van der Waals surface area contributed by atoms with Crippen molar-refractivity contribution in [2.24, 2.45) is 11.8 Å². The molecule has 0 aromatic rings. The lowest BCUT2D eigenvalue weighted by Gasteiger charge is -2.37. The van der Waals surface area contributed by atoms with E-state index in [1.165, 1.54) is 257 Å². The molecule has 0 radical (unpaired) electrons. The maximum Gasteiger partial charge on any atom is 0.0110 e. The van der Waals surface area contributed by atoms with E-state index < -0.39 is 0 Å². The van der Waals surface area contributed by atoms with Gasteiger partial charge in [-0.05, 0) is 103 Å². The summed E-state index contributed by atoms with van der Waals surface area (Å²) in [5.74, 6) is 1.25. The molecule has 0 amide bonds. The van der Waals surface area contributed by atoms with Gasteiger partial charge in [0.15, 0.2) is 0 Å². The van der Waals surface area contributed by atoms with Crippen molar-refractivity contribution in [2.45, 2.75) is 257 Å². The molecule has 0 nitrogen and oxygen atoms in total. The summed E-state index contributed by atoms with van der Waals surface area (Å²) in [6.07, 6.45) is 68.5. The predicted octanol–water partition coefficient (Wildman–Crippen LogP) is 17.6. The standard InChI is InChI=1S/C50H86/c1-5-13-21-29-37-45(38-30-22-14-6-1)49(46-39-31-23-15-7-2-8-16-24-32-40-46)50(47-41-33-25-17-9-3-10-18-26-34-42-47)48-43-35-27-19-11-4-12-20-28-36-44-48/h37,39,41,43,49-50H,1-36,38,40,42,44H2. The van der Waals surface area contributed by atoms with Gasteiger partial charge in [0.25, 0.3) is 0 Å². The number of hydrogen-bond donors (Lipinski definition) is 0. The summed E-state index contributed by atoms with van der Waals surface area (Å²) in [5.41, 5.74) is 7.59. The van der Waals surface area contributed by atoms with Crippen LogP contribution in [0.1, 0.15) is 257 Å². The number of hydrogen-bond acceptors (Lipinski definition) is 0. The van der Waals surface area contributed by atoms with Crippen molar-refractivity contribution < 1.29 is 0 Å². The van der Waals surface area contributed by atoms with E-state index >= 15 is 0 Å². The van der Waals surface area contributed by atoms with Crippen molar-refractivity contribution in [3.8, 4) is 0 Å². The summed E-state index contributed by atoms with van der Waals surface area (Å²) in [6, 6.07) is 0. The van der Waals surface area contributed by atoms with Gasteiger partial charge in [-0.1, -0.05) is 201 Å². The molecule has 0 saturated heterocycles. The lowest BCUT2D eigenvalue weighted by molar-refractivity contribution is 0.450. The molecule has 0 aliphatic heterocycles. The first-order chi connectivity index (χ1) is 24.9. The Balaban J connectivity index is 1.82. The zero-order chi connectivity index (χ0) is 34.6. The van der Waals surface area contributed by atoms with Crippen LogP contribution in [-0.4, -0.2) is 0 Å². The second-order valence-corrected chi connectivity index (χ2v) is 17.5. The van der Waals surface area contributed by atoms with Crippen molar-refractivity contribution >= 4 is 0 Å². The molecule has 4 rings (SSSR count). The number of rotatable bonds is 5. The fourth-order valence-electron chi connectivity index (χ4n) is 10.2. The van der Waals surface area contributed by atoms with Crippen LogP contribution in [0.2, 0.25) is 0 Å². The molecule has 0 saturated carbocycles. The highest BCUT2D eigenvalue weighted by atomic mass is 14.4. The minimum atomic E-state index is 0.624. The van der Waals surface area contributed by atoms with Crippen LogP contribution >= 0.6 is 0 Å². The molecule has 0 bridgehead atoms. The Morgan fingerprint density at radius 3 is 0.560 bits per heavy atom. The van der Waals surface area contributed by atoms with E-state index in [-0.39, 0.29) is 0 Å². The largest absolute Gasteiger partial charge is 0.0847 e.